The first kappa shape index (κ1) is 18.2. The molecular weight excluding hydrogens is 376 g/mol. The SMILES string of the molecule is CCOC(=O)c1nnc(N=Nc2ccc3c(SOC)cccc3c2O)s1. The number of carbonyl (C=O) groups is 1. The Labute approximate surface area is 157 Å². The van der Waals surface area contributed by atoms with Crippen molar-refractivity contribution in [2.75, 3.05) is 13.7 Å². The highest BCUT2D eigenvalue weighted by Gasteiger charge is 2.14. The third-order valence-electron chi connectivity index (χ3n) is 3.25. The minimum atomic E-state index is -0.553. The van der Waals surface area contributed by atoms with Crippen LogP contribution in [0.15, 0.2) is 45.5 Å². The molecule has 10 heteroatoms. The molecule has 0 fully saturated rings. The molecule has 0 amide bonds. The molecule has 0 saturated heterocycles. The summed E-state index contributed by atoms with van der Waals surface area (Å²) < 4.78 is 9.94. The molecule has 0 aliphatic rings. The van der Waals surface area contributed by atoms with Gasteiger partial charge in [0.2, 0.25) is 5.01 Å². The zero-order chi connectivity index (χ0) is 18.5. The van der Waals surface area contributed by atoms with E-state index in [0.29, 0.717) is 5.39 Å². The maximum atomic E-state index is 11.6. The Morgan fingerprint density at radius 2 is 2.08 bits per heavy atom. The molecule has 8 nitrogen and oxygen atoms in total. The highest BCUT2D eigenvalue weighted by atomic mass is 32.2. The van der Waals surface area contributed by atoms with E-state index in [0.717, 1.165) is 21.6 Å². The number of nitrogens with zero attached hydrogens (tertiary/aromatic N) is 4. The molecule has 0 radical (unpaired) electrons. The van der Waals surface area contributed by atoms with Crippen molar-refractivity contribution < 1.29 is 18.8 Å². The lowest BCUT2D eigenvalue weighted by atomic mass is 10.1. The van der Waals surface area contributed by atoms with Gasteiger partial charge >= 0.3 is 5.97 Å². The predicted molar refractivity (Wildman–Crippen MR) is 98.5 cm³/mol. The van der Waals surface area contributed by atoms with Gasteiger partial charge in [-0.25, -0.2) is 4.79 Å². The summed E-state index contributed by atoms with van der Waals surface area (Å²) in [5.41, 5.74) is 0.282. The fourth-order valence-electron chi connectivity index (χ4n) is 2.17. The first-order valence-electron chi connectivity index (χ1n) is 7.51. The summed E-state index contributed by atoms with van der Waals surface area (Å²) in [4.78, 5) is 12.5. The number of benzene rings is 2. The molecule has 0 atom stereocenters. The monoisotopic (exact) mass is 390 g/mol. The second-order valence-electron chi connectivity index (χ2n) is 4.84. The highest BCUT2D eigenvalue weighted by molar-refractivity contribution is 7.94. The van der Waals surface area contributed by atoms with Gasteiger partial charge in [0.15, 0.2) is 5.75 Å². The van der Waals surface area contributed by atoms with Gasteiger partial charge in [-0.05, 0) is 19.1 Å². The number of aromatic nitrogens is 2. The van der Waals surface area contributed by atoms with E-state index >= 15 is 0 Å². The number of fused-ring (bicyclic) bond motifs is 1. The first-order chi connectivity index (χ1) is 12.6. The van der Waals surface area contributed by atoms with E-state index in [2.05, 4.69) is 20.4 Å². The summed E-state index contributed by atoms with van der Waals surface area (Å²) in [6, 6.07) is 8.98. The molecule has 0 spiro atoms. The van der Waals surface area contributed by atoms with Crippen molar-refractivity contribution in [2.24, 2.45) is 10.2 Å². The number of phenolic OH excluding ortho intramolecular Hbond substituents is 1. The minimum Gasteiger partial charge on any atom is -0.505 e. The summed E-state index contributed by atoms with van der Waals surface area (Å²) in [6.07, 6.45) is 0. The number of esters is 1. The number of rotatable bonds is 6. The number of hydrogen-bond donors (Lipinski definition) is 1. The van der Waals surface area contributed by atoms with Crippen molar-refractivity contribution in [3.8, 4) is 5.75 Å². The Balaban J connectivity index is 1.88. The van der Waals surface area contributed by atoms with Gasteiger partial charge in [-0.3, -0.25) is 0 Å². The van der Waals surface area contributed by atoms with Crippen LogP contribution in [0.3, 0.4) is 0 Å². The van der Waals surface area contributed by atoms with Crippen LogP contribution in [-0.2, 0) is 8.92 Å². The van der Waals surface area contributed by atoms with Crippen molar-refractivity contribution in [3.63, 3.8) is 0 Å². The van der Waals surface area contributed by atoms with Crippen molar-refractivity contribution in [3.05, 3.63) is 35.3 Å². The van der Waals surface area contributed by atoms with Crippen molar-refractivity contribution in [1.29, 1.82) is 0 Å². The van der Waals surface area contributed by atoms with Crippen LogP contribution in [0.25, 0.3) is 10.8 Å². The van der Waals surface area contributed by atoms with Crippen LogP contribution >= 0.6 is 23.4 Å². The average Bonchev–Trinajstić information content (AvgIpc) is 3.11. The van der Waals surface area contributed by atoms with Crippen LogP contribution < -0.4 is 0 Å². The lowest BCUT2D eigenvalue weighted by Crippen LogP contribution is -2.03. The fourth-order valence-corrected chi connectivity index (χ4v) is 3.31. The van der Waals surface area contributed by atoms with E-state index in [1.807, 2.05) is 18.2 Å². The maximum Gasteiger partial charge on any atom is 0.369 e. The summed E-state index contributed by atoms with van der Waals surface area (Å²) in [5, 5.41) is 27.7. The predicted octanol–water partition coefficient (Wildman–Crippen LogP) is 4.64. The standard InChI is InChI=1S/C16H14N4O4S2/c1-3-24-15(22)14-18-20-16(25-14)19-17-11-8-7-9-10(13(11)21)5-4-6-12(9)26-23-2/h4-8,21H,3H2,1-2H3. The van der Waals surface area contributed by atoms with Gasteiger partial charge in [0.1, 0.15) is 5.69 Å². The number of carbonyl (C=O) groups excluding carboxylic acids is 1. The number of hydrogen-bond acceptors (Lipinski definition) is 10. The van der Waals surface area contributed by atoms with E-state index in [4.69, 9.17) is 8.92 Å². The normalized spacial score (nSPS) is 11.3. The molecule has 134 valence electrons. The van der Waals surface area contributed by atoms with E-state index in [1.54, 1.807) is 26.2 Å². The molecule has 0 bridgehead atoms. The Hall–Kier alpha value is -2.56. The van der Waals surface area contributed by atoms with Crippen molar-refractivity contribution >= 4 is 50.9 Å². The second-order valence-corrected chi connectivity index (χ2v) is 6.74. The summed E-state index contributed by atoms with van der Waals surface area (Å²) in [7, 11) is 1.58. The lowest BCUT2D eigenvalue weighted by molar-refractivity contribution is 0.0525. The molecule has 1 N–H and O–H groups in total. The minimum absolute atomic E-state index is 0.0000606. The van der Waals surface area contributed by atoms with Crippen molar-refractivity contribution in [1.82, 2.24) is 10.2 Å². The van der Waals surface area contributed by atoms with Crippen LogP contribution in [-0.4, -0.2) is 35.0 Å². The number of aromatic hydroxyl groups is 1. The highest BCUT2D eigenvalue weighted by Crippen LogP contribution is 2.39. The summed E-state index contributed by atoms with van der Waals surface area (Å²) >= 11 is 2.17. The molecule has 0 saturated carbocycles. The van der Waals surface area contributed by atoms with Crippen LogP contribution in [0.5, 0.6) is 5.75 Å². The van der Waals surface area contributed by atoms with Gasteiger partial charge in [0, 0.05) is 27.7 Å². The number of phenols is 1. The Morgan fingerprint density at radius 3 is 2.85 bits per heavy atom. The zero-order valence-corrected chi connectivity index (χ0v) is 15.5. The Morgan fingerprint density at radius 1 is 1.23 bits per heavy atom. The van der Waals surface area contributed by atoms with E-state index in [9.17, 15) is 9.90 Å². The third-order valence-corrected chi connectivity index (χ3v) is 4.74. The molecule has 2 aromatic carbocycles. The Bertz CT molecular complexity index is 974. The smallest absolute Gasteiger partial charge is 0.369 e. The fraction of sp³-hybridized carbons (Fsp3) is 0.188. The molecule has 26 heavy (non-hydrogen) atoms. The number of azo groups is 1. The molecule has 1 heterocycles. The molecule has 1 aromatic heterocycles. The average molecular weight is 390 g/mol. The maximum absolute atomic E-state index is 11.6. The Kier molecular flexibility index (Phi) is 5.76. The van der Waals surface area contributed by atoms with E-state index in [-0.39, 0.29) is 28.2 Å². The van der Waals surface area contributed by atoms with Gasteiger partial charge in [0.25, 0.3) is 5.13 Å². The van der Waals surface area contributed by atoms with Crippen LogP contribution in [0.4, 0.5) is 10.8 Å². The van der Waals surface area contributed by atoms with Gasteiger partial charge in [-0.15, -0.1) is 20.4 Å². The second kappa shape index (κ2) is 8.21. The van der Waals surface area contributed by atoms with E-state index in [1.165, 1.54) is 12.0 Å². The largest absolute Gasteiger partial charge is 0.505 e. The van der Waals surface area contributed by atoms with Gasteiger partial charge in [-0.1, -0.05) is 29.5 Å². The topological polar surface area (TPSA) is 106 Å². The van der Waals surface area contributed by atoms with E-state index < -0.39 is 5.97 Å². The number of ether oxygens (including phenoxy) is 1. The van der Waals surface area contributed by atoms with Gasteiger partial charge in [0.05, 0.1) is 13.7 Å². The first-order valence-corrected chi connectivity index (χ1v) is 9.07. The zero-order valence-electron chi connectivity index (χ0n) is 13.9. The summed E-state index contributed by atoms with van der Waals surface area (Å²) in [5.74, 6) is -0.553. The quantitative estimate of drug-likeness (QED) is 0.371. The molecular formula is C16H14N4O4S2. The van der Waals surface area contributed by atoms with Crippen LogP contribution in [0.2, 0.25) is 0 Å². The van der Waals surface area contributed by atoms with Crippen LogP contribution in [0, 0.1) is 0 Å². The molecule has 3 aromatic rings. The molecule has 3 rings (SSSR count). The van der Waals surface area contributed by atoms with Crippen molar-refractivity contribution in [2.45, 2.75) is 11.8 Å². The van der Waals surface area contributed by atoms with Gasteiger partial charge in [-0.2, -0.15) is 0 Å². The third kappa shape index (κ3) is 3.82. The van der Waals surface area contributed by atoms with Gasteiger partial charge < -0.3 is 14.0 Å². The lowest BCUT2D eigenvalue weighted by Gasteiger charge is -2.07. The summed E-state index contributed by atoms with van der Waals surface area (Å²) in [6.45, 7) is 1.96. The molecule has 0 unspecified atom stereocenters. The molecule has 0 aliphatic heterocycles. The van der Waals surface area contributed by atoms with Crippen LogP contribution in [0.1, 0.15) is 16.7 Å². The molecule has 0 aliphatic carbocycles.